The molecule has 3 rings (SSSR count). The standard InChI is InChI=1S/C22H34N6O.HI/c1-17-5-7-19(8-6-17)21-26-20(16-29-21)14-25-22(23-3)24-13-18(2)15-28-11-9-27(4)10-12-28;/h5-8,16,18H,9-15H2,1-4H3,(H2,23,24,25);1H. The number of nitrogens with zero attached hydrogens (tertiary/aromatic N) is 4. The fourth-order valence-corrected chi connectivity index (χ4v) is 3.42. The van der Waals surface area contributed by atoms with Gasteiger partial charge in [0.25, 0.3) is 0 Å². The average Bonchev–Trinajstić information content (AvgIpc) is 3.19. The lowest BCUT2D eigenvalue weighted by molar-refractivity contribution is 0.139. The number of halogens is 1. The van der Waals surface area contributed by atoms with Crippen molar-refractivity contribution in [3.63, 3.8) is 0 Å². The number of aliphatic imine (C=N–C) groups is 1. The number of benzene rings is 1. The molecule has 8 heteroatoms. The maximum atomic E-state index is 5.63. The highest BCUT2D eigenvalue weighted by Gasteiger charge is 2.16. The molecule has 0 amide bonds. The van der Waals surface area contributed by atoms with Gasteiger partial charge in [0.05, 0.1) is 12.2 Å². The molecule has 0 aliphatic carbocycles. The van der Waals surface area contributed by atoms with Crippen LogP contribution in [0.2, 0.25) is 0 Å². The van der Waals surface area contributed by atoms with E-state index < -0.39 is 0 Å². The topological polar surface area (TPSA) is 68.9 Å². The third kappa shape index (κ3) is 7.55. The van der Waals surface area contributed by atoms with Crippen molar-refractivity contribution < 1.29 is 4.42 Å². The Bertz CT molecular complexity index is 783. The summed E-state index contributed by atoms with van der Waals surface area (Å²) in [6.07, 6.45) is 1.70. The van der Waals surface area contributed by atoms with E-state index >= 15 is 0 Å². The first-order valence-electron chi connectivity index (χ1n) is 10.4. The van der Waals surface area contributed by atoms with Crippen LogP contribution in [0.1, 0.15) is 18.2 Å². The summed E-state index contributed by atoms with van der Waals surface area (Å²) in [5.74, 6) is 1.98. The minimum absolute atomic E-state index is 0. The number of likely N-dealkylation sites (N-methyl/N-ethyl adjacent to an activating group) is 1. The van der Waals surface area contributed by atoms with Gasteiger partial charge in [-0.25, -0.2) is 4.98 Å². The zero-order valence-electron chi connectivity index (χ0n) is 18.5. The van der Waals surface area contributed by atoms with Gasteiger partial charge in [-0.05, 0) is 32.0 Å². The van der Waals surface area contributed by atoms with E-state index in [9.17, 15) is 0 Å². The molecule has 1 aliphatic heterocycles. The number of aromatic nitrogens is 1. The van der Waals surface area contributed by atoms with Crippen LogP contribution in [0.25, 0.3) is 11.5 Å². The Morgan fingerprint density at radius 1 is 1.17 bits per heavy atom. The van der Waals surface area contributed by atoms with Crippen LogP contribution >= 0.6 is 24.0 Å². The minimum Gasteiger partial charge on any atom is -0.444 e. The van der Waals surface area contributed by atoms with E-state index in [1.54, 1.807) is 13.3 Å². The minimum atomic E-state index is 0. The van der Waals surface area contributed by atoms with Crippen molar-refractivity contribution in [3.05, 3.63) is 41.8 Å². The Labute approximate surface area is 197 Å². The summed E-state index contributed by atoms with van der Waals surface area (Å²) in [5.41, 5.74) is 3.06. The molecule has 0 radical (unpaired) electrons. The number of piperazine rings is 1. The normalized spacial score (nSPS) is 16.7. The second-order valence-corrected chi connectivity index (χ2v) is 8.03. The predicted molar refractivity (Wildman–Crippen MR) is 133 cm³/mol. The van der Waals surface area contributed by atoms with Gasteiger partial charge >= 0.3 is 0 Å². The number of rotatable bonds is 7. The Hall–Kier alpha value is -1.65. The molecular formula is C22H35IN6O. The first-order valence-corrected chi connectivity index (χ1v) is 10.4. The lowest BCUT2D eigenvalue weighted by Gasteiger charge is -2.34. The van der Waals surface area contributed by atoms with Gasteiger partial charge in [0.1, 0.15) is 6.26 Å². The van der Waals surface area contributed by atoms with Crippen molar-refractivity contribution in [2.45, 2.75) is 20.4 Å². The third-order valence-electron chi connectivity index (χ3n) is 5.29. The van der Waals surface area contributed by atoms with Gasteiger partial charge in [-0.1, -0.05) is 24.6 Å². The monoisotopic (exact) mass is 526 g/mol. The van der Waals surface area contributed by atoms with Gasteiger partial charge in [-0.15, -0.1) is 24.0 Å². The van der Waals surface area contributed by atoms with Crippen molar-refractivity contribution in [1.29, 1.82) is 0 Å². The summed E-state index contributed by atoms with van der Waals surface area (Å²) in [7, 11) is 3.98. The molecule has 2 aromatic rings. The first kappa shape index (κ1) is 24.6. The van der Waals surface area contributed by atoms with E-state index in [0.29, 0.717) is 18.4 Å². The highest BCUT2D eigenvalue weighted by Crippen LogP contribution is 2.19. The number of hydrogen-bond acceptors (Lipinski definition) is 5. The summed E-state index contributed by atoms with van der Waals surface area (Å²) in [6, 6.07) is 8.18. The summed E-state index contributed by atoms with van der Waals surface area (Å²) in [4.78, 5) is 13.8. The zero-order chi connectivity index (χ0) is 20.6. The molecule has 2 N–H and O–H groups in total. The molecule has 1 aromatic carbocycles. The highest BCUT2D eigenvalue weighted by molar-refractivity contribution is 14.0. The Balaban J connectivity index is 0.00000320. The lowest BCUT2D eigenvalue weighted by Crippen LogP contribution is -2.47. The number of hydrogen-bond donors (Lipinski definition) is 2. The van der Waals surface area contributed by atoms with Crippen molar-refractivity contribution in [2.24, 2.45) is 10.9 Å². The molecule has 166 valence electrons. The highest BCUT2D eigenvalue weighted by atomic mass is 127. The molecule has 30 heavy (non-hydrogen) atoms. The lowest BCUT2D eigenvalue weighted by atomic mass is 10.1. The SMILES string of the molecule is CN=C(NCc1coc(-c2ccc(C)cc2)n1)NCC(C)CN1CCN(C)CC1.I. The average molecular weight is 526 g/mol. The quantitative estimate of drug-likeness (QED) is 0.329. The number of aryl methyl sites for hydroxylation is 1. The number of nitrogens with one attached hydrogen (secondary N) is 2. The third-order valence-corrected chi connectivity index (χ3v) is 5.29. The molecule has 0 saturated carbocycles. The molecule has 1 fully saturated rings. The van der Waals surface area contributed by atoms with Crippen LogP contribution in [0.3, 0.4) is 0 Å². The summed E-state index contributed by atoms with van der Waals surface area (Å²) in [6.45, 7) is 11.6. The first-order chi connectivity index (χ1) is 14.0. The Morgan fingerprint density at radius 3 is 2.53 bits per heavy atom. The fourth-order valence-electron chi connectivity index (χ4n) is 3.42. The van der Waals surface area contributed by atoms with Crippen molar-refractivity contribution in [1.82, 2.24) is 25.4 Å². The molecule has 0 bridgehead atoms. The second kappa shape index (κ2) is 12.3. The van der Waals surface area contributed by atoms with E-state index in [1.165, 1.54) is 5.56 Å². The predicted octanol–water partition coefficient (Wildman–Crippen LogP) is 2.82. The van der Waals surface area contributed by atoms with Crippen LogP contribution in [0.5, 0.6) is 0 Å². The maximum Gasteiger partial charge on any atom is 0.226 e. The van der Waals surface area contributed by atoms with Gasteiger partial charge in [-0.2, -0.15) is 0 Å². The van der Waals surface area contributed by atoms with Crippen LogP contribution < -0.4 is 10.6 Å². The maximum absolute atomic E-state index is 5.63. The largest absolute Gasteiger partial charge is 0.444 e. The van der Waals surface area contributed by atoms with Crippen LogP contribution in [-0.4, -0.2) is 74.1 Å². The van der Waals surface area contributed by atoms with Gasteiger partial charge < -0.3 is 24.9 Å². The van der Waals surface area contributed by atoms with E-state index in [0.717, 1.165) is 56.5 Å². The zero-order valence-corrected chi connectivity index (χ0v) is 20.8. The van der Waals surface area contributed by atoms with E-state index in [4.69, 9.17) is 4.42 Å². The smallest absolute Gasteiger partial charge is 0.226 e. The van der Waals surface area contributed by atoms with E-state index in [1.807, 2.05) is 12.1 Å². The van der Waals surface area contributed by atoms with E-state index in [2.05, 4.69) is 63.4 Å². The van der Waals surface area contributed by atoms with Gasteiger partial charge in [0.2, 0.25) is 5.89 Å². The molecular weight excluding hydrogens is 491 g/mol. The summed E-state index contributed by atoms with van der Waals surface area (Å²) >= 11 is 0. The summed E-state index contributed by atoms with van der Waals surface area (Å²) < 4.78 is 5.63. The van der Waals surface area contributed by atoms with Crippen LogP contribution in [-0.2, 0) is 6.54 Å². The Kier molecular flexibility index (Phi) is 10.1. The molecule has 7 nitrogen and oxygen atoms in total. The second-order valence-electron chi connectivity index (χ2n) is 8.03. The van der Waals surface area contributed by atoms with E-state index in [-0.39, 0.29) is 24.0 Å². The molecule has 1 aromatic heterocycles. The summed E-state index contributed by atoms with van der Waals surface area (Å²) in [5, 5.41) is 6.75. The van der Waals surface area contributed by atoms with Crippen LogP contribution in [0.4, 0.5) is 0 Å². The van der Waals surface area contributed by atoms with Crippen molar-refractivity contribution >= 4 is 29.9 Å². The van der Waals surface area contributed by atoms with Crippen LogP contribution in [0.15, 0.2) is 39.9 Å². The molecule has 2 heterocycles. The molecule has 1 atom stereocenters. The van der Waals surface area contributed by atoms with Gasteiger partial charge in [-0.3, -0.25) is 4.99 Å². The number of guanidine groups is 1. The van der Waals surface area contributed by atoms with Crippen molar-refractivity contribution in [2.75, 3.05) is 53.4 Å². The van der Waals surface area contributed by atoms with Crippen LogP contribution in [0, 0.1) is 12.8 Å². The molecule has 1 saturated heterocycles. The molecule has 1 aliphatic rings. The molecule has 0 spiro atoms. The van der Waals surface area contributed by atoms with Gasteiger partial charge in [0.15, 0.2) is 5.96 Å². The Morgan fingerprint density at radius 2 is 1.87 bits per heavy atom. The fraction of sp³-hybridized carbons (Fsp3) is 0.545. The molecule has 1 unspecified atom stereocenters. The number of oxazole rings is 1. The van der Waals surface area contributed by atoms with Gasteiger partial charge in [0, 0.05) is 51.9 Å². The van der Waals surface area contributed by atoms with Crippen molar-refractivity contribution in [3.8, 4) is 11.5 Å².